The van der Waals surface area contributed by atoms with E-state index in [2.05, 4.69) is 22.3 Å². The number of benzene rings is 2. The maximum atomic E-state index is 13.1. The van der Waals surface area contributed by atoms with Crippen LogP contribution in [0.3, 0.4) is 0 Å². The lowest BCUT2D eigenvalue weighted by Crippen LogP contribution is -2.37. The van der Waals surface area contributed by atoms with Gasteiger partial charge in [-0.1, -0.05) is 42.1 Å². The fourth-order valence-corrected chi connectivity index (χ4v) is 5.05. The number of methoxy groups -OCH3 is 2. The Morgan fingerprint density at radius 3 is 2.51 bits per heavy atom. The smallest absolute Gasteiger partial charge is 0.233 e. The second-order valence-electron chi connectivity index (χ2n) is 8.19. The Bertz CT molecular complexity index is 1300. The van der Waals surface area contributed by atoms with E-state index in [-0.39, 0.29) is 11.7 Å². The molecule has 0 saturated heterocycles. The van der Waals surface area contributed by atoms with Crippen molar-refractivity contribution in [1.29, 1.82) is 0 Å². The fourth-order valence-electron chi connectivity index (χ4n) is 4.21. The summed E-state index contributed by atoms with van der Waals surface area (Å²) in [5, 5.41) is 9.41. The first-order valence-electron chi connectivity index (χ1n) is 11.3. The first-order chi connectivity index (χ1) is 17.2. The summed E-state index contributed by atoms with van der Waals surface area (Å²) in [6, 6.07) is 17.8. The van der Waals surface area contributed by atoms with Crippen LogP contribution in [0.5, 0.6) is 11.5 Å². The molecule has 1 amide bonds. The molecule has 0 N–H and O–H groups in total. The van der Waals surface area contributed by atoms with Crippen LogP contribution in [0.15, 0.2) is 70.4 Å². The molecule has 2 aromatic carbocycles. The quantitative estimate of drug-likeness (QED) is 0.341. The summed E-state index contributed by atoms with van der Waals surface area (Å²) in [4.78, 5) is 15.0. The van der Waals surface area contributed by atoms with Crippen molar-refractivity contribution in [2.45, 2.75) is 24.7 Å². The molecule has 0 spiro atoms. The van der Waals surface area contributed by atoms with Crippen molar-refractivity contribution in [2.24, 2.45) is 0 Å². The van der Waals surface area contributed by atoms with E-state index in [1.165, 1.54) is 17.3 Å². The zero-order chi connectivity index (χ0) is 24.2. The zero-order valence-corrected chi connectivity index (χ0v) is 20.5. The van der Waals surface area contributed by atoms with E-state index in [0.29, 0.717) is 47.9 Å². The van der Waals surface area contributed by atoms with E-state index in [0.717, 1.165) is 17.5 Å². The minimum Gasteiger partial charge on any atom is -0.493 e. The van der Waals surface area contributed by atoms with Gasteiger partial charge in [0.2, 0.25) is 11.7 Å². The van der Waals surface area contributed by atoms with Crippen LogP contribution in [0.1, 0.15) is 16.7 Å². The Labute approximate surface area is 207 Å². The van der Waals surface area contributed by atoms with E-state index in [4.69, 9.17) is 13.9 Å². The molecule has 35 heavy (non-hydrogen) atoms. The molecular weight excluding hydrogens is 464 g/mol. The molecule has 8 nitrogen and oxygen atoms in total. The molecule has 9 heteroatoms. The number of carbonyl (C=O) groups excluding carboxylic acids is 1. The highest BCUT2D eigenvalue weighted by molar-refractivity contribution is 7.99. The fraction of sp³-hybridized carbons (Fsp3) is 0.269. The number of amides is 1. The molecule has 1 aliphatic heterocycles. The van der Waals surface area contributed by atoms with Crippen molar-refractivity contribution in [3.8, 4) is 23.1 Å². The molecule has 0 radical (unpaired) electrons. The van der Waals surface area contributed by atoms with Gasteiger partial charge in [-0.2, -0.15) is 0 Å². The van der Waals surface area contributed by atoms with Gasteiger partial charge >= 0.3 is 0 Å². The summed E-state index contributed by atoms with van der Waals surface area (Å²) < 4.78 is 18.4. The third-order valence-electron chi connectivity index (χ3n) is 6.04. The summed E-state index contributed by atoms with van der Waals surface area (Å²) in [5.41, 5.74) is 3.38. The van der Waals surface area contributed by atoms with Crippen LogP contribution < -0.4 is 9.47 Å². The monoisotopic (exact) mass is 490 g/mol. The number of furan rings is 1. The van der Waals surface area contributed by atoms with Gasteiger partial charge in [-0.25, -0.2) is 0 Å². The van der Waals surface area contributed by atoms with E-state index in [1.807, 2.05) is 51.9 Å². The third-order valence-corrected chi connectivity index (χ3v) is 6.99. The average Bonchev–Trinajstić information content (AvgIpc) is 3.57. The molecule has 0 unspecified atom stereocenters. The van der Waals surface area contributed by atoms with Crippen LogP contribution in [0.4, 0.5) is 0 Å². The van der Waals surface area contributed by atoms with Crippen molar-refractivity contribution in [3.05, 3.63) is 77.6 Å². The minimum atomic E-state index is 0.0595. The summed E-state index contributed by atoms with van der Waals surface area (Å²) >= 11 is 1.39. The van der Waals surface area contributed by atoms with E-state index < -0.39 is 0 Å². The average molecular weight is 491 g/mol. The largest absolute Gasteiger partial charge is 0.493 e. The maximum Gasteiger partial charge on any atom is 0.233 e. The Hall–Kier alpha value is -3.72. The van der Waals surface area contributed by atoms with Crippen molar-refractivity contribution in [2.75, 3.05) is 26.5 Å². The van der Waals surface area contributed by atoms with Crippen molar-refractivity contribution >= 4 is 17.7 Å². The van der Waals surface area contributed by atoms with Gasteiger partial charge in [0, 0.05) is 13.1 Å². The second-order valence-corrected chi connectivity index (χ2v) is 9.13. The van der Waals surface area contributed by atoms with Gasteiger partial charge in [0.05, 0.1) is 32.8 Å². The van der Waals surface area contributed by atoms with E-state index in [1.54, 1.807) is 20.5 Å². The summed E-state index contributed by atoms with van der Waals surface area (Å²) in [6.07, 6.45) is 2.39. The first-order valence-corrected chi connectivity index (χ1v) is 12.3. The lowest BCUT2D eigenvalue weighted by Gasteiger charge is -2.29. The van der Waals surface area contributed by atoms with Gasteiger partial charge in [0.25, 0.3) is 0 Å². The number of hydrogen-bond acceptors (Lipinski definition) is 7. The normalized spacial score (nSPS) is 12.9. The standard InChI is InChI=1S/C26H26N4O4S/c1-32-22-13-19-10-11-29(16-20(19)14-23(22)33-2)24(31)17-35-26-28-27-25(21-9-6-12-34-21)30(26)15-18-7-4-3-5-8-18/h3-9,12-14H,10-11,15-17H2,1-2H3. The van der Waals surface area contributed by atoms with Gasteiger partial charge in [0.15, 0.2) is 22.4 Å². The van der Waals surface area contributed by atoms with Crippen molar-refractivity contribution in [3.63, 3.8) is 0 Å². The number of fused-ring (bicyclic) bond motifs is 1. The number of thioether (sulfide) groups is 1. The second kappa shape index (κ2) is 10.3. The molecule has 4 aromatic rings. The molecule has 1 aliphatic rings. The Balaban J connectivity index is 1.31. The molecule has 5 rings (SSSR count). The lowest BCUT2D eigenvalue weighted by molar-refractivity contribution is -0.129. The number of hydrogen-bond donors (Lipinski definition) is 0. The minimum absolute atomic E-state index is 0.0595. The Morgan fingerprint density at radius 1 is 1.03 bits per heavy atom. The maximum absolute atomic E-state index is 13.1. The summed E-state index contributed by atoms with van der Waals surface area (Å²) in [7, 11) is 3.25. The van der Waals surface area contributed by atoms with Crippen molar-refractivity contribution in [1.82, 2.24) is 19.7 Å². The van der Waals surface area contributed by atoms with Crippen LogP contribution in [0, 0.1) is 0 Å². The SMILES string of the molecule is COc1cc2c(cc1OC)CN(C(=O)CSc1nnc(-c3ccco3)n1Cc1ccccc1)CC2. The van der Waals surface area contributed by atoms with Gasteiger partial charge in [-0.05, 0) is 47.4 Å². The number of aromatic nitrogens is 3. The lowest BCUT2D eigenvalue weighted by atomic mass is 9.99. The van der Waals surface area contributed by atoms with Gasteiger partial charge < -0.3 is 18.8 Å². The van der Waals surface area contributed by atoms with Gasteiger partial charge in [-0.15, -0.1) is 10.2 Å². The molecule has 180 valence electrons. The van der Waals surface area contributed by atoms with Crippen LogP contribution in [-0.2, 0) is 24.3 Å². The van der Waals surface area contributed by atoms with E-state index >= 15 is 0 Å². The summed E-state index contributed by atoms with van der Waals surface area (Å²) in [6.45, 7) is 1.79. The molecule has 0 bridgehead atoms. The molecule has 0 saturated carbocycles. The van der Waals surface area contributed by atoms with E-state index in [9.17, 15) is 4.79 Å². The van der Waals surface area contributed by atoms with Crippen molar-refractivity contribution < 1.29 is 18.7 Å². The first kappa shape index (κ1) is 23.0. The predicted molar refractivity (Wildman–Crippen MR) is 133 cm³/mol. The molecule has 3 heterocycles. The number of nitrogens with zero attached hydrogens (tertiary/aromatic N) is 4. The molecule has 0 atom stereocenters. The topological polar surface area (TPSA) is 82.6 Å². The molecule has 2 aromatic heterocycles. The number of rotatable bonds is 8. The van der Waals surface area contributed by atoms with Crippen LogP contribution in [-0.4, -0.2) is 52.1 Å². The molecule has 0 fully saturated rings. The zero-order valence-electron chi connectivity index (χ0n) is 19.6. The Kier molecular flexibility index (Phi) is 6.76. The van der Waals surface area contributed by atoms with Gasteiger partial charge in [-0.3, -0.25) is 9.36 Å². The Morgan fingerprint density at radius 2 is 1.80 bits per heavy atom. The number of ether oxygens (including phenoxy) is 2. The highest BCUT2D eigenvalue weighted by atomic mass is 32.2. The molecular formula is C26H26N4O4S. The summed E-state index contributed by atoms with van der Waals surface area (Å²) in [5.74, 6) is 3.00. The predicted octanol–water partition coefficient (Wildman–Crippen LogP) is 4.28. The highest BCUT2D eigenvalue weighted by Gasteiger charge is 2.24. The van der Waals surface area contributed by atoms with Gasteiger partial charge in [0.1, 0.15) is 0 Å². The highest BCUT2D eigenvalue weighted by Crippen LogP contribution is 2.33. The van der Waals surface area contributed by atoms with Crippen LogP contribution in [0.25, 0.3) is 11.6 Å². The number of carbonyl (C=O) groups is 1. The van der Waals surface area contributed by atoms with Crippen LogP contribution >= 0.6 is 11.8 Å². The third kappa shape index (κ3) is 4.90. The molecule has 0 aliphatic carbocycles. The van der Waals surface area contributed by atoms with Crippen LogP contribution in [0.2, 0.25) is 0 Å².